The summed E-state index contributed by atoms with van der Waals surface area (Å²) in [5, 5.41) is 3.77. The van der Waals surface area contributed by atoms with Gasteiger partial charge >= 0.3 is 0 Å². The molecule has 3 aliphatic heterocycles. The van der Waals surface area contributed by atoms with Crippen LogP contribution < -0.4 is 15.1 Å². The third-order valence-corrected chi connectivity index (χ3v) is 9.71. The lowest BCUT2D eigenvalue weighted by Gasteiger charge is -2.36. The number of nitrogens with zero attached hydrogens (tertiary/aromatic N) is 4. The number of rotatable bonds is 9. The fourth-order valence-corrected chi connectivity index (χ4v) is 7.14. The minimum Gasteiger partial charge on any atom is -0.372 e. The van der Waals surface area contributed by atoms with Crippen molar-refractivity contribution in [2.75, 3.05) is 62.2 Å². The molecule has 3 aromatic carbocycles. The highest BCUT2D eigenvalue weighted by atomic mass is 35.5. The van der Waals surface area contributed by atoms with E-state index >= 15 is 0 Å². The Labute approximate surface area is 266 Å². The molecular weight excluding hydrogens is 570 g/mol. The molecule has 0 aromatic heterocycles. The molecule has 3 heterocycles. The molecule has 3 saturated heterocycles. The van der Waals surface area contributed by atoms with Crippen molar-refractivity contribution in [1.82, 2.24) is 15.1 Å². The first kappa shape index (κ1) is 30.5. The van der Waals surface area contributed by atoms with Crippen LogP contribution in [0.25, 0.3) is 0 Å². The first-order valence-electron chi connectivity index (χ1n) is 16.2. The Balaban J connectivity index is 0.975. The number of amides is 2. The van der Waals surface area contributed by atoms with Crippen molar-refractivity contribution in [3.8, 4) is 0 Å². The molecule has 2 amide bonds. The molecule has 6 rings (SSSR count). The molecule has 232 valence electrons. The zero-order chi connectivity index (χ0) is 30.5. The first-order chi connectivity index (χ1) is 21.4. The molecule has 7 nitrogen and oxygen atoms in total. The van der Waals surface area contributed by atoms with Gasteiger partial charge in [-0.25, -0.2) is 0 Å². The number of anilines is 2. The molecule has 0 aliphatic carbocycles. The summed E-state index contributed by atoms with van der Waals surface area (Å²) in [7, 11) is 0. The molecule has 3 fully saturated rings. The van der Waals surface area contributed by atoms with Crippen molar-refractivity contribution in [2.24, 2.45) is 0 Å². The molecule has 3 aromatic rings. The molecule has 8 heteroatoms. The highest BCUT2D eigenvalue weighted by molar-refractivity contribution is 6.31. The van der Waals surface area contributed by atoms with E-state index in [2.05, 4.69) is 57.3 Å². The van der Waals surface area contributed by atoms with Crippen LogP contribution in [-0.2, 0) is 24.3 Å². The minimum atomic E-state index is -0.0726. The van der Waals surface area contributed by atoms with Crippen LogP contribution in [-0.4, -0.2) is 74.0 Å². The molecule has 0 saturated carbocycles. The molecule has 0 atom stereocenters. The molecule has 1 N–H and O–H groups in total. The van der Waals surface area contributed by atoms with Gasteiger partial charge in [0.05, 0.1) is 6.42 Å². The summed E-state index contributed by atoms with van der Waals surface area (Å²) in [5.41, 5.74) is 7.33. The van der Waals surface area contributed by atoms with E-state index < -0.39 is 0 Å². The smallest absolute Gasteiger partial charge is 0.251 e. The van der Waals surface area contributed by atoms with Crippen LogP contribution >= 0.6 is 11.6 Å². The number of aryl methyl sites for hydroxylation is 1. The highest BCUT2D eigenvalue weighted by Gasteiger charge is 2.23. The summed E-state index contributed by atoms with van der Waals surface area (Å²) >= 11 is 6.70. The number of carbonyl (C=O) groups excluding carboxylic acids is 2. The molecule has 0 spiro atoms. The Morgan fingerprint density at radius 3 is 2.14 bits per heavy atom. The summed E-state index contributed by atoms with van der Waals surface area (Å²) in [4.78, 5) is 35.2. The van der Waals surface area contributed by atoms with Gasteiger partial charge < -0.3 is 20.0 Å². The van der Waals surface area contributed by atoms with E-state index in [0.29, 0.717) is 36.6 Å². The largest absolute Gasteiger partial charge is 0.372 e. The maximum atomic E-state index is 13.2. The van der Waals surface area contributed by atoms with Gasteiger partial charge in [0, 0.05) is 74.3 Å². The van der Waals surface area contributed by atoms with Gasteiger partial charge in [-0.05, 0) is 110 Å². The molecular formula is C36H44ClN5O2. The molecule has 3 aliphatic rings. The predicted octanol–water partition coefficient (Wildman–Crippen LogP) is 5.67. The second-order valence-corrected chi connectivity index (χ2v) is 12.9. The third kappa shape index (κ3) is 7.39. The summed E-state index contributed by atoms with van der Waals surface area (Å²) in [6.45, 7) is 10.9. The van der Waals surface area contributed by atoms with Gasteiger partial charge in [-0.3, -0.25) is 14.5 Å². The fourth-order valence-electron chi connectivity index (χ4n) is 6.78. The SMILES string of the molecule is Cc1cc(CN2CCCC2)cc(Cl)c1CC(=O)N1CCN(c2ccc(C(=O)NCc3cccc(N4CCCC4)c3)cc2)CC1. The van der Waals surface area contributed by atoms with E-state index in [4.69, 9.17) is 11.6 Å². The number of halogens is 1. The van der Waals surface area contributed by atoms with Crippen LogP contribution in [0.3, 0.4) is 0 Å². The van der Waals surface area contributed by atoms with E-state index in [1.54, 1.807) is 0 Å². The first-order valence-corrected chi connectivity index (χ1v) is 16.6. The second-order valence-electron chi connectivity index (χ2n) is 12.5. The van der Waals surface area contributed by atoms with Crippen LogP contribution in [0.2, 0.25) is 5.02 Å². The van der Waals surface area contributed by atoms with Crippen molar-refractivity contribution in [3.05, 3.63) is 93.5 Å². The van der Waals surface area contributed by atoms with E-state index in [1.807, 2.05) is 35.2 Å². The van der Waals surface area contributed by atoms with Crippen LogP contribution in [0.15, 0.2) is 60.7 Å². The number of nitrogens with one attached hydrogen (secondary N) is 1. The lowest BCUT2D eigenvalue weighted by molar-refractivity contribution is -0.130. The van der Waals surface area contributed by atoms with Gasteiger partial charge in [0.1, 0.15) is 0 Å². The molecule has 0 radical (unpaired) electrons. The van der Waals surface area contributed by atoms with Crippen molar-refractivity contribution in [1.29, 1.82) is 0 Å². The van der Waals surface area contributed by atoms with E-state index in [0.717, 1.165) is 68.2 Å². The Hall–Kier alpha value is -3.55. The molecule has 0 unspecified atom stereocenters. The average Bonchev–Trinajstić information content (AvgIpc) is 3.77. The standard InChI is InChI=1S/C36H44ClN5O2/c1-27-21-29(26-39-13-2-3-14-39)23-34(37)33(27)24-35(43)42-19-17-41(18-20-42)31-11-9-30(10-12-31)36(44)38-25-28-7-6-8-32(22-28)40-15-4-5-16-40/h6-12,21-23H,2-5,13-20,24-26H2,1H3,(H,38,44). The average molecular weight is 614 g/mol. The highest BCUT2D eigenvalue weighted by Crippen LogP contribution is 2.26. The number of carbonyl (C=O) groups is 2. The van der Waals surface area contributed by atoms with Crippen LogP contribution in [0, 0.1) is 6.92 Å². The Kier molecular flexibility index (Phi) is 9.72. The van der Waals surface area contributed by atoms with E-state index in [9.17, 15) is 9.59 Å². The Morgan fingerprint density at radius 2 is 1.43 bits per heavy atom. The summed E-state index contributed by atoms with van der Waals surface area (Å²) in [5.74, 6) is 0.0523. The summed E-state index contributed by atoms with van der Waals surface area (Å²) in [6, 6.07) is 20.5. The Morgan fingerprint density at radius 1 is 0.750 bits per heavy atom. The zero-order valence-corrected chi connectivity index (χ0v) is 26.6. The number of hydrogen-bond acceptors (Lipinski definition) is 5. The normalized spacial score (nSPS) is 17.4. The molecule has 44 heavy (non-hydrogen) atoms. The van der Waals surface area contributed by atoms with Gasteiger partial charge in [-0.15, -0.1) is 0 Å². The van der Waals surface area contributed by atoms with Crippen molar-refractivity contribution < 1.29 is 9.59 Å². The topological polar surface area (TPSA) is 59.1 Å². The fraction of sp³-hybridized carbons (Fsp3) is 0.444. The number of benzene rings is 3. The second kappa shape index (κ2) is 14.0. The van der Waals surface area contributed by atoms with Gasteiger partial charge in [0.15, 0.2) is 0 Å². The lowest BCUT2D eigenvalue weighted by atomic mass is 10.0. The maximum Gasteiger partial charge on any atom is 0.251 e. The van der Waals surface area contributed by atoms with Gasteiger partial charge in [-0.1, -0.05) is 29.8 Å². The predicted molar refractivity (Wildman–Crippen MR) is 179 cm³/mol. The quantitative estimate of drug-likeness (QED) is 0.337. The van der Waals surface area contributed by atoms with E-state index in [1.165, 1.54) is 36.9 Å². The zero-order valence-electron chi connectivity index (χ0n) is 25.9. The van der Waals surface area contributed by atoms with Crippen LogP contribution in [0.4, 0.5) is 11.4 Å². The molecule has 0 bridgehead atoms. The number of likely N-dealkylation sites (tertiary alicyclic amines) is 1. The third-order valence-electron chi connectivity index (χ3n) is 9.37. The maximum absolute atomic E-state index is 13.2. The van der Waals surface area contributed by atoms with Gasteiger partial charge in [0.2, 0.25) is 5.91 Å². The van der Waals surface area contributed by atoms with Gasteiger partial charge in [-0.2, -0.15) is 0 Å². The lowest BCUT2D eigenvalue weighted by Crippen LogP contribution is -2.49. The monoisotopic (exact) mass is 613 g/mol. The van der Waals surface area contributed by atoms with Crippen molar-refractivity contribution in [2.45, 2.75) is 52.1 Å². The summed E-state index contributed by atoms with van der Waals surface area (Å²) in [6.07, 6.45) is 5.36. The number of hydrogen-bond donors (Lipinski definition) is 1. The van der Waals surface area contributed by atoms with Crippen molar-refractivity contribution >= 4 is 34.8 Å². The number of piperazine rings is 1. The van der Waals surface area contributed by atoms with Gasteiger partial charge in [0.25, 0.3) is 5.91 Å². The summed E-state index contributed by atoms with van der Waals surface area (Å²) < 4.78 is 0. The van der Waals surface area contributed by atoms with Crippen LogP contribution in [0.5, 0.6) is 0 Å². The minimum absolute atomic E-state index is 0.0726. The van der Waals surface area contributed by atoms with Crippen molar-refractivity contribution in [3.63, 3.8) is 0 Å². The van der Waals surface area contributed by atoms with Crippen LogP contribution in [0.1, 0.15) is 58.3 Å². The van der Waals surface area contributed by atoms with E-state index in [-0.39, 0.29) is 11.8 Å². The Bertz CT molecular complexity index is 1430.